The Kier molecular flexibility index (Phi) is 3.86. The summed E-state index contributed by atoms with van der Waals surface area (Å²) < 4.78 is 6.20. The highest BCUT2D eigenvalue weighted by Crippen LogP contribution is 2.25. The number of ether oxygens (including phenoxy) is 1. The molecule has 92 valence electrons. The maximum Gasteiger partial charge on any atom is 0.198 e. The third-order valence-electron chi connectivity index (χ3n) is 2.61. The number of benzene rings is 2. The van der Waals surface area contributed by atoms with Gasteiger partial charge in [0, 0.05) is 14.8 Å². The van der Waals surface area contributed by atoms with Gasteiger partial charge < -0.3 is 10.5 Å². The Hall–Kier alpha value is -1.56. The minimum atomic E-state index is -0.122. The highest BCUT2D eigenvalue weighted by Gasteiger charge is 2.16. The second-order valence-corrected chi connectivity index (χ2v) is 5.01. The van der Waals surface area contributed by atoms with E-state index in [4.69, 9.17) is 10.5 Å². The normalized spacial score (nSPS) is 10.1. The van der Waals surface area contributed by atoms with Crippen LogP contribution in [0.3, 0.4) is 0 Å². The van der Waals surface area contributed by atoms with Crippen molar-refractivity contribution < 1.29 is 9.53 Å². The van der Waals surface area contributed by atoms with Crippen molar-refractivity contribution in [3.05, 3.63) is 57.2 Å². The monoisotopic (exact) mass is 353 g/mol. The molecule has 0 aromatic heterocycles. The molecule has 0 saturated heterocycles. The van der Waals surface area contributed by atoms with E-state index in [0.29, 0.717) is 22.6 Å². The molecule has 2 aromatic carbocycles. The molecule has 0 fully saturated rings. The Morgan fingerprint density at radius 1 is 1.17 bits per heavy atom. The number of para-hydroxylation sites is 1. The SMILES string of the molecule is COc1ccc(I)cc1C(=O)c1ccccc1N. The van der Waals surface area contributed by atoms with Crippen molar-refractivity contribution in [2.45, 2.75) is 0 Å². The largest absolute Gasteiger partial charge is 0.496 e. The van der Waals surface area contributed by atoms with Crippen LogP contribution in [0.1, 0.15) is 15.9 Å². The topological polar surface area (TPSA) is 52.3 Å². The van der Waals surface area contributed by atoms with Crippen molar-refractivity contribution in [3.63, 3.8) is 0 Å². The zero-order valence-electron chi connectivity index (χ0n) is 9.81. The van der Waals surface area contributed by atoms with Gasteiger partial charge in [-0.05, 0) is 52.9 Å². The van der Waals surface area contributed by atoms with Gasteiger partial charge in [0.15, 0.2) is 5.78 Å². The molecule has 0 aliphatic carbocycles. The number of ketones is 1. The predicted molar refractivity (Wildman–Crippen MR) is 80.0 cm³/mol. The molecule has 2 rings (SSSR count). The molecule has 0 amide bonds. The summed E-state index contributed by atoms with van der Waals surface area (Å²) in [5.41, 5.74) is 7.33. The second kappa shape index (κ2) is 5.39. The number of hydrogen-bond acceptors (Lipinski definition) is 3. The van der Waals surface area contributed by atoms with Crippen LogP contribution in [0, 0.1) is 3.57 Å². The molecule has 0 atom stereocenters. The van der Waals surface area contributed by atoms with Crippen molar-refractivity contribution >= 4 is 34.1 Å². The Morgan fingerprint density at radius 3 is 2.56 bits per heavy atom. The molecule has 3 nitrogen and oxygen atoms in total. The number of halogens is 1. The summed E-state index contributed by atoms with van der Waals surface area (Å²) >= 11 is 2.16. The minimum Gasteiger partial charge on any atom is -0.496 e. The lowest BCUT2D eigenvalue weighted by Crippen LogP contribution is -2.07. The fraction of sp³-hybridized carbons (Fsp3) is 0.0714. The van der Waals surface area contributed by atoms with E-state index in [9.17, 15) is 4.79 Å². The molecule has 0 unspecified atom stereocenters. The van der Waals surface area contributed by atoms with Crippen LogP contribution in [0.25, 0.3) is 0 Å². The van der Waals surface area contributed by atoms with E-state index in [1.54, 1.807) is 43.5 Å². The minimum absolute atomic E-state index is 0.122. The van der Waals surface area contributed by atoms with Crippen LogP contribution in [-0.2, 0) is 0 Å². The summed E-state index contributed by atoms with van der Waals surface area (Å²) in [7, 11) is 1.55. The molecule has 4 heteroatoms. The Bertz CT molecular complexity index is 596. The maximum absolute atomic E-state index is 12.4. The average molecular weight is 353 g/mol. The van der Waals surface area contributed by atoms with Crippen LogP contribution >= 0.6 is 22.6 Å². The summed E-state index contributed by atoms with van der Waals surface area (Å²) in [5, 5.41) is 0. The fourth-order valence-corrected chi connectivity index (χ4v) is 2.20. The van der Waals surface area contributed by atoms with E-state index in [1.807, 2.05) is 6.07 Å². The van der Waals surface area contributed by atoms with Crippen molar-refractivity contribution in [2.24, 2.45) is 0 Å². The summed E-state index contributed by atoms with van der Waals surface area (Å²) in [4.78, 5) is 12.4. The van der Waals surface area contributed by atoms with Gasteiger partial charge in [-0.15, -0.1) is 0 Å². The van der Waals surface area contributed by atoms with Crippen molar-refractivity contribution in [3.8, 4) is 5.75 Å². The molecule has 18 heavy (non-hydrogen) atoms. The van der Waals surface area contributed by atoms with E-state index < -0.39 is 0 Å². The highest BCUT2D eigenvalue weighted by atomic mass is 127. The first-order valence-electron chi connectivity index (χ1n) is 5.36. The van der Waals surface area contributed by atoms with E-state index in [0.717, 1.165) is 3.57 Å². The van der Waals surface area contributed by atoms with Gasteiger partial charge in [0.25, 0.3) is 0 Å². The maximum atomic E-state index is 12.4. The fourth-order valence-electron chi connectivity index (χ4n) is 1.71. The second-order valence-electron chi connectivity index (χ2n) is 3.76. The van der Waals surface area contributed by atoms with Gasteiger partial charge in [-0.25, -0.2) is 0 Å². The van der Waals surface area contributed by atoms with E-state index in [1.165, 1.54) is 0 Å². The molecule has 0 radical (unpaired) electrons. The number of carbonyl (C=O) groups is 1. The Morgan fingerprint density at radius 2 is 1.89 bits per heavy atom. The van der Waals surface area contributed by atoms with Crippen LogP contribution in [0.4, 0.5) is 5.69 Å². The van der Waals surface area contributed by atoms with E-state index in [2.05, 4.69) is 22.6 Å². The lowest BCUT2D eigenvalue weighted by molar-refractivity contribution is 0.103. The van der Waals surface area contributed by atoms with Gasteiger partial charge in [0.1, 0.15) is 5.75 Å². The van der Waals surface area contributed by atoms with Crippen molar-refractivity contribution in [2.75, 3.05) is 12.8 Å². The first-order chi connectivity index (χ1) is 8.63. The first-order valence-corrected chi connectivity index (χ1v) is 6.44. The molecule has 2 N–H and O–H groups in total. The van der Waals surface area contributed by atoms with Crippen LogP contribution in [0.5, 0.6) is 5.75 Å². The number of methoxy groups -OCH3 is 1. The lowest BCUT2D eigenvalue weighted by atomic mass is 10.0. The third-order valence-corrected chi connectivity index (χ3v) is 3.28. The summed E-state index contributed by atoms with van der Waals surface area (Å²) in [6.07, 6.45) is 0. The van der Waals surface area contributed by atoms with Gasteiger partial charge in [0.05, 0.1) is 12.7 Å². The third kappa shape index (κ3) is 2.48. The molecular formula is C14H12INO2. The quantitative estimate of drug-likeness (QED) is 0.524. The van der Waals surface area contributed by atoms with Gasteiger partial charge in [-0.3, -0.25) is 4.79 Å². The van der Waals surface area contributed by atoms with E-state index in [-0.39, 0.29) is 5.78 Å². The zero-order chi connectivity index (χ0) is 13.1. The smallest absolute Gasteiger partial charge is 0.198 e. The van der Waals surface area contributed by atoms with Crippen molar-refractivity contribution in [1.82, 2.24) is 0 Å². The number of nitrogens with two attached hydrogens (primary N) is 1. The molecule has 0 aliphatic heterocycles. The zero-order valence-corrected chi connectivity index (χ0v) is 12.0. The van der Waals surface area contributed by atoms with Crippen LogP contribution < -0.4 is 10.5 Å². The Balaban J connectivity index is 2.52. The Labute approximate surface area is 119 Å². The van der Waals surface area contributed by atoms with Crippen LogP contribution in [-0.4, -0.2) is 12.9 Å². The molecule has 0 aliphatic rings. The molecule has 0 spiro atoms. The van der Waals surface area contributed by atoms with Crippen LogP contribution in [0.2, 0.25) is 0 Å². The van der Waals surface area contributed by atoms with Gasteiger partial charge in [-0.2, -0.15) is 0 Å². The molecule has 0 saturated carbocycles. The lowest BCUT2D eigenvalue weighted by Gasteiger charge is -2.09. The number of nitrogen functional groups attached to an aromatic ring is 1. The van der Waals surface area contributed by atoms with Crippen molar-refractivity contribution in [1.29, 1.82) is 0 Å². The average Bonchev–Trinajstić information content (AvgIpc) is 2.38. The molecule has 2 aromatic rings. The highest BCUT2D eigenvalue weighted by molar-refractivity contribution is 14.1. The summed E-state index contributed by atoms with van der Waals surface area (Å²) in [6, 6.07) is 12.5. The van der Waals surface area contributed by atoms with Gasteiger partial charge in [-0.1, -0.05) is 12.1 Å². The first kappa shape index (κ1) is 12.9. The summed E-state index contributed by atoms with van der Waals surface area (Å²) in [6.45, 7) is 0. The number of rotatable bonds is 3. The van der Waals surface area contributed by atoms with E-state index >= 15 is 0 Å². The molecular weight excluding hydrogens is 341 g/mol. The summed E-state index contributed by atoms with van der Waals surface area (Å²) in [5.74, 6) is 0.437. The number of anilines is 1. The molecule has 0 heterocycles. The number of hydrogen-bond donors (Lipinski definition) is 1. The van der Waals surface area contributed by atoms with Gasteiger partial charge in [0.2, 0.25) is 0 Å². The molecule has 0 bridgehead atoms. The standard InChI is InChI=1S/C14H12INO2/c1-18-13-7-6-9(15)8-11(13)14(17)10-4-2-3-5-12(10)16/h2-8H,16H2,1H3. The van der Waals surface area contributed by atoms with Crippen LogP contribution in [0.15, 0.2) is 42.5 Å². The number of carbonyl (C=O) groups excluding carboxylic acids is 1. The predicted octanol–water partition coefficient (Wildman–Crippen LogP) is 3.11. The van der Waals surface area contributed by atoms with Gasteiger partial charge >= 0.3 is 0 Å².